The summed E-state index contributed by atoms with van der Waals surface area (Å²) in [7, 11) is 0. The number of rotatable bonds is 6. The number of aromatic nitrogens is 3. The summed E-state index contributed by atoms with van der Waals surface area (Å²) in [6.45, 7) is 2.23. The van der Waals surface area contributed by atoms with Gasteiger partial charge in [-0.25, -0.2) is 0 Å². The van der Waals surface area contributed by atoms with Crippen LogP contribution < -0.4 is 10.2 Å². The smallest absolute Gasteiger partial charge is 0.234 e. The molecule has 6 nitrogen and oxygen atoms in total. The van der Waals surface area contributed by atoms with Crippen LogP contribution in [-0.2, 0) is 4.79 Å². The second-order valence-electron chi connectivity index (χ2n) is 7.52. The maximum absolute atomic E-state index is 12.5. The Balaban J connectivity index is 1.23. The van der Waals surface area contributed by atoms with Gasteiger partial charge in [-0.3, -0.25) is 9.20 Å². The molecule has 2 aromatic heterocycles. The molecule has 3 heterocycles. The van der Waals surface area contributed by atoms with Gasteiger partial charge in [-0.1, -0.05) is 42.1 Å². The number of carbonyl (C=O) groups is 1. The van der Waals surface area contributed by atoms with Crippen LogP contribution in [0.1, 0.15) is 19.3 Å². The van der Waals surface area contributed by atoms with Crippen LogP contribution in [0.25, 0.3) is 16.2 Å². The molecular weight excluding hydrogens is 426 g/mol. The van der Waals surface area contributed by atoms with Gasteiger partial charge in [0.25, 0.3) is 0 Å². The number of carbonyl (C=O) groups excluding carboxylic acids is 1. The van der Waals surface area contributed by atoms with Gasteiger partial charge in [-0.2, -0.15) is 0 Å². The lowest BCUT2D eigenvalue weighted by Gasteiger charge is -2.28. The Morgan fingerprint density at radius 2 is 1.77 bits per heavy atom. The zero-order valence-electron chi connectivity index (χ0n) is 17.0. The van der Waals surface area contributed by atoms with Gasteiger partial charge in [-0.15, -0.1) is 21.5 Å². The molecule has 1 fully saturated rings. The summed E-state index contributed by atoms with van der Waals surface area (Å²) in [6, 6.07) is 18.3. The number of piperidine rings is 1. The van der Waals surface area contributed by atoms with Crippen LogP contribution in [0, 0.1) is 0 Å². The largest absolute Gasteiger partial charge is 0.372 e. The van der Waals surface area contributed by atoms with Crippen molar-refractivity contribution in [1.29, 1.82) is 0 Å². The Morgan fingerprint density at radius 3 is 2.55 bits per heavy atom. The van der Waals surface area contributed by atoms with E-state index in [0.29, 0.717) is 0 Å². The number of anilines is 2. The van der Waals surface area contributed by atoms with Gasteiger partial charge in [0, 0.05) is 29.8 Å². The van der Waals surface area contributed by atoms with E-state index in [1.807, 2.05) is 34.7 Å². The normalized spacial score (nSPS) is 14.1. The molecular formula is C23H23N5OS2. The highest BCUT2D eigenvalue weighted by molar-refractivity contribution is 7.99. The summed E-state index contributed by atoms with van der Waals surface area (Å²) >= 11 is 2.95. The topological polar surface area (TPSA) is 62.5 Å². The average Bonchev–Trinajstić information content (AvgIpc) is 3.42. The quantitative estimate of drug-likeness (QED) is 0.411. The molecule has 158 valence electrons. The van der Waals surface area contributed by atoms with Crippen LogP contribution in [-0.4, -0.2) is 39.3 Å². The van der Waals surface area contributed by atoms with Crippen LogP contribution in [0.2, 0.25) is 0 Å². The van der Waals surface area contributed by atoms with Crippen LogP contribution in [0.15, 0.2) is 65.1 Å². The number of thioether (sulfide) groups is 1. The van der Waals surface area contributed by atoms with E-state index < -0.39 is 0 Å². The minimum atomic E-state index is -0.0519. The fourth-order valence-corrected chi connectivity index (χ4v) is 5.47. The third-order valence-corrected chi connectivity index (χ3v) is 7.14. The van der Waals surface area contributed by atoms with E-state index in [1.54, 1.807) is 11.3 Å². The first-order valence-electron chi connectivity index (χ1n) is 10.4. The standard InChI is InChI=1S/C23H23N5OS2/c29-21(24-18-9-11-19(12-10-18)27-13-5-2-6-14-27)16-31-23-26-25-22-28(23)20(15-30-22)17-7-3-1-4-8-17/h1,3-4,7-12,15H,2,5-6,13-14,16H2,(H,24,29). The van der Waals surface area contributed by atoms with E-state index in [1.165, 1.54) is 36.7 Å². The first-order valence-corrected chi connectivity index (χ1v) is 12.3. The van der Waals surface area contributed by atoms with E-state index >= 15 is 0 Å². The number of fused-ring (bicyclic) bond motifs is 1. The average molecular weight is 450 g/mol. The molecule has 31 heavy (non-hydrogen) atoms. The van der Waals surface area contributed by atoms with E-state index in [4.69, 9.17) is 0 Å². The van der Waals surface area contributed by atoms with Crippen molar-refractivity contribution < 1.29 is 4.79 Å². The van der Waals surface area contributed by atoms with Crippen molar-refractivity contribution >= 4 is 45.3 Å². The molecule has 1 amide bonds. The SMILES string of the molecule is O=C(CSc1nnc2scc(-c3ccccc3)n12)Nc1ccc(N2CCCCC2)cc1. The van der Waals surface area contributed by atoms with Crippen LogP contribution >= 0.6 is 23.1 Å². The van der Waals surface area contributed by atoms with Gasteiger partial charge < -0.3 is 10.2 Å². The first kappa shape index (κ1) is 20.1. The van der Waals surface area contributed by atoms with Gasteiger partial charge in [0.05, 0.1) is 11.4 Å². The molecule has 8 heteroatoms. The highest BCUT2D eigenvalue weighted by Crippen LogP contribution is 2.30. The lowest BCUT2D eigenvalue weighted by Crippen LogP contribution is -2.29. The molecule has 0 unspecified atom stereocenters. The third-order valence-electron chi connectivity index (χ3n) is 5.39. The van der Waals surface area contributed by atoms with E-state index in [0.717, 1.165) is 40.2 Å². The number of nitrogens with one attached hydrogen (secondary N) is 1. The van der Waals surface area contributed by atoms with E-state index in [2.05, 4.69) is 50.1 Å². The summed E-state index contributed by atoms with van der Waals surface area (Å²) in [5, 5.41) is 14.3. The number of thiazole rings is 1. The highest BCUT2D eigenvalue weighted by Gasteiger charge is 2.15. The number of hydrogen-bond donors (Lipinski definition) is 1. The summed E-state index contributed by atoms with van der Waals surface area (Å²) in [5.41, 5.74) is 4.19. The Bertz CT molecular complexity index is 1160. The fourth-order valence-electron chi connectivity index (χ4n) is 3.83. The van der Waals surface area contributed by atoms with Crippen LogP contribution in [0.3, 0.4) is 0 Å². The molecule has 1 N–H and O–H groups in total. The fraction of sp³-hybridized carbons (Fsp3) is 0.261. The Kier molecular flexibility index (Phi) is 5.90. The number of nitrogens with zero attached hydrogens (tertiary/aromatic N) is 4. The van der Waals surface area contributed by atoms with Gasteiger partial charge >= 0.3 is 0 Å². The maximum Gasteiger partial charge on any atom is 0.234 e. The molecule has 0 spiro atoms. The zero-order valence-corrected chi connectivity index (χ0v) is 18.7. The van der Waals surface area contributed by atoms with Crippen molar-refractivity contribution in [2.45, 2.75) is 24.4 Å². The summed E-state index contributed by atoms with van der Waals surface area (Å²) < 4.78 is 2.02. The van der Waals surface area contributed by atoms with Crippen molar-refractivity contribution in [3.05, 3.63) is 60.0 Å². The van der Waals surface area contributed by atoms with Crippen molar-refractivity contribution in [2.75, 3.05) is 29.1 Å². The van der Waals surface area contributed by atoms with Gasteiger partial charge in [0.1, 0.15) is 0 Å². The van der Waals surface area contributed by atoms with Crippen LogP contribution in [0.4, 0.5) is 11.4 Å². The van der Waals surface area contributed by atoms with Crippen molar-refractivity contribution in [3.8, 4) is 11.3 Å². The Labute approximate surface area is 189 Å². The van der Waals surface area contributed by atoms with Crippen molar-refractivity contribution in [1.82, 2.24) is 14.6 Å². The summed E-state index contributed by atoms with van der Waals surface area (Å²) in [6.07, 6.45) is 3.82. The van der Waals surface area contributed by atoms with Crippen LogP contribution in [0.5, 0.6) is 0 Å². The molecule has 4 aromatic rings. The number of hydrogen-bond acceptors (Lipinski definition) is 6. The second kappa shape index (κ2) is 9.11. The molecule has 0 atom stereocenters. The molecule has 2 aromatic carbocycles. The molecule has 0 saturated carbocycles. The second-order valence-corrected chi connectivity index (χ2v) is 9.30. The van der Waals surface area contributed by atoms with Crippen molar-refractivity contribution in [2.24, 2.45) is 0 Å². The summed E-state index contributed by atoms with van der Waals surface area (Å²) in [5.74, 6) is 0.225. The third kappa shape index (κ3) is 4.45. The van der Waals surface area contributed by atoms with Crippen molar-refractivity contribution in [3.63, 3.8) is 0 Å². The lowest BCUT2D eigenvalue weighted by atomic mass is 10.1. The molecule has 0 radical (unpaired) electrons. The Morgan fingerprint density at radius 1 is 1.00 bits per heavy atom. The van der Waals surface area contributed by atoms with E-state index in [9.17, 15) is 4.79 Å². The lowest BCUT2D eigenvalue weighted by molar-refractivity contribution is -0.113. The van der Waals surface area contributed by atoms with E-state index in [-0.39, 0.29) is 11.7 Å². The number of benzene rings is 2. The maximum atomic E-state index is 12.5. The van der Waals surface area contributed by atoms with Gasteiger partial charge in [0.15, 0.2) is 5.16 Å². The minimum Gasteiger partial charge on any atom is -0.372 e. The number of amides is 1. The van der Waals surface area contributed by atoms with Gasteiger partial charge in [-0.05, 0) is 49.1 Å². The molecule has 1 saturated heterocycles. The summed E-state index contributed by atoms with van der Waals surface area (Å²) in [4.78, 5) is 15.8. The highest BCUT2D eigenvalue weighted by atomic mass is 32.2. The van der Waals surface area contributed by atoms with Gasteiger partial charge in [0.2, 0.25) is 10.9 Å². The zero-order chi connectivity index (χ0) is 21.0. The predicted octanol–water partition coefficient (Wildman–Crippen LogP) is 5.18. The molecule has 1 aliphatic rings. The predicted molar refractivity (Wildman–Crippen MR) is 128 cm³/mol. The molecule has 1 aliphatic heterocycles. The Hall–Kier alpha value is -2.84. The monoisotopic (exact) mass is 449 g/mol. The first-order chi connectivity index (χ1) is 15.3. The minimum absolute atomic E-state index is 0.0519. The molecule has 5 rings (SSSR count). The molecule has 0 bridgehead atoms. The molecule has 0 aliphatic carbocycles.